The van der Waals surface area contributed by atoms with Gasteiger partial charge in [0, 0.05) is 30.4 Å². The molecule has 6 N–H and O–H groups in total. The summed E-state index contributed by atoms with van der Waals surface area (Å²) in [6, 6.07) is 11.4. The molecular formula is C20H20N4O4. The smallest absolute Gasteiger partial charge is 0.274 e. The number of aromatic nitrogens is 2. The molecule has 3 aromatic rings. The van der Waals surface area contributed by atoms with E-state index in [2.05, 4.69) is 15.3 Å². The van der Waals surface area contributed by atoms with Gasteiger partial charge in [0.2, 0.25) is 5.91 Å². The van der Waals surface area contributed by atoms with E-state index in [-0.39, 0.29) is 35.2 Å². The van der Waals surface area contributed by atoms with E-state index in [0.717, 1.165) is 0 Å². The van der Waals surface area contributed by atoms with Gasteiger partial charge in [0.1, 0.15) is 23.2 Å². The number of nitrogens with zero attached hydrogens (tertiary/aromatic N) is 1. The van der Waals surface area contributed by atoms with Gasteiger partial charge in [-0.25, -0.2) is 4.98 Å². The van der Waals surface area contributed by atoms with Crippen molar-refractivity contribution < 1.29 is 15.0 Å². The highest BCUT2D eigenvalue weighted by Crippen LogP contribution is 2.17. The number of aromatic hydroxyl groups is 2. The van der Waals surface area contributed by atoms with Crippen molar-refractivity contribution in [1.82, 2.24) is 15.3 Å². The Bertz CT molecular complexity index is 1010. The molecule has 0 aliphatic rings. The number of H-pyrrole nitrogens is 1. The molecule has 3 rings (SSSR count). The van der Waals surface area contributed by atoms with Crippen LogP contribution in [0.1, 0.15) is 17.3 Å². The van der Waals surface area contributed by atoms with Crippen LogP contribution in [0, 0.1) is 0 Å². The molecule has 0 spiro atoms. The van der Waals surface area contributed by atoms with E-state index in [4.69, 9.17) is 5.73 Å². The van der Waals surface area contributed by atoms with Gasteiger partial charge in [0.25, 0.3) is 5.56 Å². The van der Waals surface area contributed by atoms with Crippen LogP contribution in [-0.2, 0) is 11.2 Å². The summed E-state index contributed by atoms with van der Waals surface area (Å²) in [7, 11) is 0. The van der Waals surface area contributed by atoms with E-state index in [9.17, 15) is 19.8 Å². The Kier molecular flexibility index (Phi) is 5.71. The summed E-state index contributed by atoms with van der Waals surface area (Å²) in [5, 5.41) is 21.3. The largest absolute Gasteiger partial charge is 0.508 e. The first-order valence-electron chi connectivity index (χ1n) is 8.64. The highest BCUT2D eigenvalue weighted by atomic mass is 16.3. The van der Waals surface area contributed by atoms with Crippen LogP contribution in [-0.4, -0.2) is 32.6 Å². The highest BCUT2D eigenvalue weighted by molar-refractivity contribution is 5.82. The fourth-order valence-corrected chi connectivity index (χ4v) is 2.65. The van der Waals surface area contributed by atoms with E-state index < -0.39 is 6.04 Å². The van der Waals surface area contributed by atoms with Crippen molar-refractivity contribution in [3.05, 3.63) is 76.3 Å². The van der Waals surface area contributed by atoms with Gasteiger partial charge in [-0.3, -0.25) is 9.59 Å². The first-order valence-corrected chi connectivity index (χ1v) is 8.64. The number of carbonyl (C=O) groups is 1. The lowest BCUT2D eigenvalue weighted by atomic mass is 10.1. The monoisotopic (exact) mass is 380 g/mol. The zero-order valence-electron chi connectivity index (χ0n) is 14.9. The molecule has 1 atom stereocenters. The van der Waals surface area contributed by atoms with Crippen LogP contribution in [0.3, 0.4) is 0 Å². The molecule has 0 fully saturated rings. The Hall–Kier alpha value is -3.65. The molecule has 8 heteroatoms. The van der Waals surface area contributed by atoms with Gasteiger partial charge in [-0.05, 0) is 42.0 Å². The molecule has 1 amide bonds. The topological polar surface area (TPSA) is 141 Å². The van der Waals surface area contributed by atoms with Crippen molar-refractivity contribution in [2.75, 3.05) is 6.54 Å². The average Bonchev–Trinajstić information content (AvgIpc) is 2.69. The van der Waals surface area contributed by atoms with Gasteiger partial charge >= 0.3 is 0 Å². The number of hydrogen-bond donors (Lipinski definition) is 5. The highest BCUT2D eigenvalue weighted by Gasteiger charge is 2.15. The quantitative estimate of drug-likeness (QED) is 0.435. The minimum atomic E-state index is -0.852. The predicted molar refractivity (Wildman–Crippen MR) is 104 cm³/mol. The molecule has 0 saturated carbocycles. The number of rotatable bonds is 6. The average molecular weight is 380 g/mol. The van der Waals surface area contributed by atoms with Gasteiger partial charge < -0.3 is 26.2 Å². The minimum absolute atomic E-state index is 0.101. The Balaban J connectivity index is 1.58. The van der Waals surface area contributed by atoms with E-state index in [1.54, 1.807) is 24.3 Å². The number of phenols is 2. The minimum Gasteiger partial charge on any atom is -0.508 e. The molecule has 144 valence electrons. The fourth-order valence-electron chi connectivity index (χ4n) is 2.65. The molecule has 28 heavy (non-hydrogen) atoms. The SMILES string of the molecule is N[C@H](C(=O)NCCc1cnc(-c2ccc(O)cc2)c(=O)[nH]1)c1ccc(O)cc1. The zero-order valence-corrected chi connectivity index (χ0v) is 14.9. The second-order valence-corrected chi connectivity index (χ2v) is 6.24. The lowest BCUT2D eigenvalue weighted by Gasteiger charge is -2.12. The van der Waals surface area contributed by atoms with E-state index in [1.165, 1.54) is 30.5 Å². The normalized spacial score (nSPS) is 11.8. The number of amides is 1. The lowest BCUT2D eigenvalue weighted by molar-refractivity contribution is -0.122. The second kappa shape index (κ2) is 8.36. The number of aromatic amines is 1. The fraction of sp³-hybridized carbons (Fsp3) is 0.150. The van der Waals surface area contributed by atoms with Crippen molar-refractivity contribution in [2.45, 2.75) is 12.5 Å². The van der Waals surface area contributed by atoms with Gasteiger partial charge in [-0.15, -0.1) is 0 Å². The second-order valence-electron chi connectivity index (χ2n) is 6.24. The third-order valence-electron chi connectivity index (χ3n) is 4.21. The maximum absolute atomic E-state index is 12.2. The van der Waals surface area contributed by atoms with Crippen LogP contribution in [0.25, 0.3) is 11.3 Å². The molecule has 0 radical (unpaired) electrons. The molecule has 2 aromatic carbocycles. The maximum Gasteiger partial charge on any atom is 0.274 e. The third-order valence-corrected chi connectivity index (χ3v) is 4.21. The molecule has 1 heterocycles. The zero-order chi connectivity index (χ0) is 20.1. The van der Waals surface area contributed by atoms with E-state index in [0.29, 0.717) is 23.2 Å². The number of benzene rings is 2. The first kappa shape index (κ1) is 19.1. The van der Waals surface area contributed by atoms with Crippen molar-refractivity contribution >= 4 is 5.91 Å². The van der Waals surface area contributed by atoms with Crippen LogP contribution in [0.2, 0.25) is 0 Å². The number of nitrogens with two attached hydrogens (primary N) is 1. The van der Waals surface area contributed by atoms with Gasteiger partial charge in [-0.2, -0.15) is 0 Å². The molecule has 0 unspecified atom stereocenters. The summed E-state index contributed by atoms with van der Waals surface area (Å²) in [6.07, 6.45) is 1.92. The standard InChI is InChI=1S/C20H20N4O4/c21-17(12-1-5-15(25)6-2-12)19(27)22-10-9-14-11-23-18(20(28)24-14)13-3-7-16(26)8-4-13/h1-8,11,17,25-26H,9-10,21H2,(H,22,27)(H,24,28)/t17-/m0/s1. The van der Waals surface area contributed by atoms with Gasteiger partial charge in [0.05, 0.1) is 0 Å². The Morgan fingerprint density at radius 1 is 1.07 bits per heavy atom. The van der Waals surface area contributed by atoms with Crippen molar-refractivity contribution in [3.8, 4) is 22.8 Å². The Morgan fingerprint density at radius 2 is 1.68 bits per heavy atom. The Labute approximate surface area is 160 Å². The third kappa shape index (κ3) is 4.54. The van der Waals surface area contributed by atoms with Crippen LogP contribution < -0.4 is 16.6 Å². The molecule has 0 aliphatic carbocycles. The predicted octanol–water partition coefficient (Wildman–Crippen LogP) is 1.21. The van der Waals surface area contributed by atoms with Crippen LogP contribution in [0.15, 0.2) is 59.5 Å². The molecule has 1 aromatic heterocycles. The molecule has 0 saturated heterocycles. The van der Waals surface area contributed by atoms with Crippen LogP contribution in [0.4, 0.5) is 0 Å². The summed E-state index contributed by atoms with van der Waals surface area (Å²) >= 11 is 0. The summed E-state index contributed by atoms with van der Waals surface area (Å²) in [5.74, 6) is -0.150. The molecular weight excluding hydrogens is 360 g/mol. The van der Waals surface area contributed by atoms with Crippen molar-refractivity contribution in [1.29, 1.82) is 0 Å². The van der Waals surface area contributed by atoms with E-state index >= 15 is 0 Å². The number of phenolic OH excluding ortho intramolecular Hbond substituents is 2. The van der Waals surface area contributed by atoms with E-state index in [1.807, 2.05) is 0 Å². The maximum atomic E-state index is 12.2. The van der Waals surface area contributed by atoms with Crippen molar-refractivity contribution in [3.63, 3.8) is 0 Å². The number of carbonyl (C=O) groups excluding carboxylic acids is 1. The summed E-state index contributed by atoms with van der Waals surface area (Å²) in [4.78, 5) is 31.3. The summed E-state index contributed by atoms with van der Waals surface area (Å²) in [5.41, 5.74) is 7.56. The summed E-state index contributed by atoms with van der Waals surface area (Å²) < 4.78 is 0. The molecule has 0 aliphatic heterocycles. The Morgan fingerprint density at radius 3 is 2.29 bits per heavy atom. The molecule has 8 nitrogen and oxygen atoms in total. The van der Waals surface area contributed by atoms with Gasteiger partial charge in [0.15, 0.2) is 0 Å². The summed E-state index contributed by atoms with van der Waals surface area (Å²) in [6.45, 7) is 0.279. The molecule has 0 bridgehead atoms. The van der Waals surface area contributed by atoms with Crippen LogP contribution in [0.5, 0.6) is 11.5 Å². The first-order chi connectivity index (χ1) is 13.4. The van der Waals surface area contributed by atoms with Crippen LogP contribution >= 0.6 is 0 Å². The van der Waals surface area contributed by atoms with Crippen molar-refractivity contribution in [2.24, 2.45) is 5.73 Å². The van der Waals surface area contributed by atoms with Gasteiger partial charge in [-0.1, -0.05) is 12.1 Å². The number of hydrogen-bond acceptors (Lipinski definition) is 6. The number of nitrogens with one attached hydrogen (secondary N) is 2. The lowest BCUT2D eigenvalue weighted by Crippen LogP contribution is -2.35.